The van der Waals surface area contributed by atoms with Gasteiger partial charge < -0.3 is 15.0 Å². The predicted molar refractivity (Wildman–Crippen MR) is 62.6 cm³/mol. The highest BCUT2D eigenvalue weighted by Gasteiger charge is 2.13. The quantitative estimate of drug-likeness (QED) is 0.797. The first-order valence-corrected chi connectivity index (χ1v) is 5.65. The van der Waals surface area contributed by atoms with E-state index in [-0.39, 0.29) is 5.91 Å². The Labute approximate surface area is 100 Å². The van der Waals surface area contributed by atoms with Crippen molar-refractivity contribution >= 4 is 11.9 Å². The van der Waals surface area contributed by atoms with Crippen LogP contribution in [0, 0.1) is 0 Å². The molecule has 1 amide bonds. The minimum atomic E-state index is -0.0588. The standard InChI is InChI=1S/C11H16N4O2/c1-9(16)13-8-10-2-3-12-11(14-10)15-4-6-17-7-5-15/h2-3H,4-8H2,1H3,(H,13,16). The molecule has 2 heterocycles. The molecular formula is C11H16N4O2. The van der Waals surface area contributed by atoms with E-state index in [9.17, 15) is 4.79 Å². The molecule has 0 unspecified atom stereocenters. The predicted octanol–water partition coefficient (Wildman–Crippen LogP) is -0.0507. The summed E-state index contributed by atoms with van der Waals surface area (Å²) in [5, 5.41) is 2.72. The second kappa shape index (κ2) is 5.58. The highest BCUT2D eigenvalue weighted by Crippen LogP contribution is 2.09. The highest BCUT2D eigenvalue weighted by molar-refractivity contribution is 5.72. The first kappa shape index (κ1) is 11.8. The van der Waals surface area contributed by atoms with Gasteiger partial charge in [-0.05, 0) is 6.07 Å². The van der Waals surface area contributed by atoms with Crippen LogP contribution in [0.2, 0.25) is 0 Å². The summed E-state index contributed by atoms with van der Waals surface area (Å²) in [4.78, 5) is 21.6. The van der Waals surface area contributed by atoms with E-state index in [2.05, 4.69) is 20.2 Å². The normalized spacial score (nSPS) is 15.7. The number of hydrogen-bond acceptors (Lipinski definition) is 5. The van der Waals surface area contributed by atoms with Crippen molar-refractivity contribution in [2.24, 2.45) is 0 Å². The van der Waals surface area contributed by atoms with Gasteiger partial charge in [-0.2, -0.15) is 0 Å². The molecule has 6 nitrogen and oxygen atoms in total. The van der Waals surface area contributed by atoms with Crippen molar-refractivity contribution in [1.82, 2.24) is 15.3 Å². The first-order valence-electron chi connectivity index (χ1n) is 5.65. The van der Waals surface area contributed by atoms with Crippen LogP contribution in [-0.4, -0.2) is 42.2 Å². The van der Waals surface area contributed by atoms with Crippen molar-refractivity contribution in [2.45, 2.75) is 13.5 Å². The van der Waals surface area contributed by atoms with Gasteiger partial charge in [-0.1, -0.05) is 0 Å². The maximum atomic E-state index is 10.8. The molecule has 0 aliphatic carbocycles. The lowest BCUT2D eigenvalue weighted by Gasteiger charge is -2.26. The van der Waals surface area contributed by atoms with E-state index < -0.39 is 0 Å². The largest absolute Gasteiger partial charge is 0.378 e. The molecule has 0 radical (unpaired) electrons. The van der Waals surface area contributed by atoms with Crippen LogP contribution < -0.4 is 10.2 Å². The van der Waals surface area contributed by atoms with E-state index in [1.54, 1.807) is 12.3 Å². The Morgan fingerprint density at radius 1 is 1.53 bits per heavy atom. The van der Waals surface area contributed by atoms with Crippen molar-refractivity contribution < 1.29 is 9.53 Å². The SMILES string of the molecule is CC(=O)NCc1ccnc(N2CCOCC2)n1. The molecule has 1 aliphatic heterocycles. The zero-order valence-electron chi connectivity index (χ0n) is 9.85. The van der Waals surface area contributed by atoms with E-state index in [1.165, 1.54) is 6.92 Å². The van der Waals surface area contributed by atoms with Gasteiger partial charge in [0.15, 0.2) is 0 Å². The Morgan fingerprint density at radius 2 is 2.29 bits per heavy atom. The number of ether oxygens (including phenoxy) is 1. The number of anilines is 1. The summed E-state index contributed by atoms with van der Waals surface area (Å²) in [6, 6.07) is 1.81. The molecule has 1 N–H and O–H groups in total. The van der Waals surface area contributed by atoms with Crippen LogP contribution in [0.4, 0.5) is 5.95 Å². The molecule has 1 fully saturated rings. The molecule has 1 saturated heterocycles. The fourth-order valence-corrected chi connectivity index (χ4v) is 1.61. The molecule has 0 atom stereocenters. The fraction of sp³-hybridized carbons (Fsp3) is 0.545. The third-order valence-electron chi connectivity index (χ3n) is 2.51. The molecule has 2 rings (SSSR count). The third-order valence-corrected chi connectivity index (χ3v) is 2.51. The molecule has 92 valence electrons. The Balaban J connectivity index is 2.02. The molecule has 1 aromatic heterocycles. The number of carbonyl (C=O) groups is 1. The van der Waals surface area contributed by atoms with Gasteiger partial charge in [-0.3, -0.25) is 4.79 Å². The smallest absolute Gasteiger partial charge is 0.225 e. The van der Waals surface area contributed by atoms with Crippen LogP contribution in [-0.2, 0) is 16.1 Å². The fourth-order valence-electron chi connectivity index (χ4n) is 1.61. The van der Waals surface area contributed by atoms with Gasteiger partial charge in [0.1, 0.15) is 0 Å². The lowest BCUT2D eigenvalue weighted by Crippen LogP contribution is -2.37. The summed E-state index contributed by atoms with van der Waals surface area (Å²) in [7, 11) is 0. The number of carbonyl (C=O) groups excluding carboxylic acids is 1. The second-order valence-electron chi connectivity index (χ2n) is 3.86. The third kappa shape index (κ3) is 3.39. The number of morpholine rings is 1. The van der Waals surface area contributed by atoms with Crippen LogP contribution >= 0.6 is 0 Å². The number of hydrogen-bond donors (Lipinski definition) is 1. The van der Waals surface area contributed by atoms with E-state index in [0.717, 1.165) is 18.8 Å². The number of rotatable bonds is 3. The summed E-state index contributed by atoms with van der Waals surface area (Å²) in [5.74, 6) is 0.646. The minimum Gasteiger partial charge on any atom is -0.378 e. The Morgan fingerprint density at radius 3 is 3.00 bits per heavy atom. The maximum Gasteiger partial charge on any atom is 0.225 e. The number of nitrogens with one attached hydrogen (secondary N) is 1. The van der Waals surface area contributed by atoms with E-state index in [1.807, 2.05) is 0 Å². The Kier molecular flexibility index (Phi) is 3.87. The van der Waals surface area contributed by atoms with Crippen molar-refractivity contribution in [3.8, 4) is 0 Å². The first-order chi connectivity index (χ1) is 8.25. The topological polar surface area (TPSA) is 67.4 Å². The maximum absolute atomic E-state index is 10.8. The summed E-state index contributed by atoms with van der Waals surface area (Å²) in [6.07, 6.45) is 1.72. The molecule has 0 bridgehead atoms. The van der Waals surface area contributed by atoms with Gasteiger partial charge in [0.25, 0.3) is 0 Å². The lowest BCUT2D eigenvalue weighted by molar-refractivity contribution is -0.119. The summed E-state index contributed by atoms with van der Waals surface area (Å²) in [6.45, 7) is 4.96. The average Bonchev–Trinajstić information content (AvgIpc) is 2.38. The van der Waals surface area contributed by atoms with Gasteiger partial charge in [0.05, 0.1) is 25.5 Å². The van der Waals surface area contributed by atoms with Gasteiger partial charge >= 0.3 is 0 Å². The zero-order valence-corrected chi connectivity index (χ0v) is 9.85. The highest BCUT2D eigenvalue weighted by atomic mass is 16.5. The van der Waals surface area contributed by atoms with Crippen LogP contribution in [0.1, 0.15) is 12.6 Å². The van der Waals surface area contributed by atoms with E-state index >= 15 is 0 Å². The van der Waals surface area contributed by atoms with Crippen molar-refractivity contribution in [1.29, 1.82) is 0 Å². The van der Waals surface area contributed by atoms with Crippen molar-refractivity contribution in [2.75, 3.05) is 31.2 Å². The van der Waals surface area contributed by atoms with E-state index in [4.69, 9.17) is 4.74 Å². The molecular weight excluding hydrogens is 220 g/mol. The van der Waals surface area contributed by atoms with E-state index in [0.29, 0.717) is 25.7 Å². The summed E-state index contributed by atoms with van der Waals surface area (Å²) in [5.41, 5.74) is 0.816. The Hall–Kier alpha value is -1.69. The van der Waals surface area contributed by atoms with Crippen LogP contribution in [0.3, 0.4) is 0 Å². The monoisotopic (exact) mass is 236 g/mol. The molecule has 0 saturated carbocycles. The second-order valence-corrected chi connectivity index (χ2v) is 3.86. The van der Waals surface area contributed by atoms with Crippen molar-refractivity contribution in [3.63, 3.8) is 0 Å². The molecule has 0 spiro atoms. The molecule has 1 aromatic rings. The van der Waals surface area contributed by atoms with Gasteiger partial charge in [0, 0.05) is 26.2 Å². The van der Waals surface area contributed by atoms with Crippen LogP contribution in [0.5, 0.6) is 0 Å². The van der Waals surface area contributed by atoms with Crippen LogP contribution in [0.25, 0.3) is 0 Å². The lowest BCUT2D eigenvalue weighted by atomic mass is 10.4. The van der Waals surface area contributed by atoms with Crippen LogP contribution in [0.15, 0.2) is 12.3 Å². The van der Waals surface area contributed by atoms with Gasteiger partial charge in [-0.25, -0.2) is 9.97 Å². The number of amides is 1. The molecule has 0 aromatic carbocycles. The number of nitrogens with zero attached hydrogens (tertiary/aromatic N) is 3. The summed E-state index contributed by atoms with van der Waals surface area (Å²) < 4.78 is 5.28. The van der Waals surface area contributed by atoms with Gasteiger partial charge in [-0.15, -0.1) is 0 Å². The zero-order chi connectivity index (χ0) is 12.1. The summed E-state index contributed by atoms with van der Waals surface area (Å²) >= 11 is 0. The molecule has 17 heavy (non-hydrogen) atoms. The molecule has 6 heteroatoms. The van der Waals surface area contributed by atoms with Crippen molar-refractivity contribution in [3.05, 3.63) is 18.0 Å². The van der Waals surface area contributed by atoms with Gasteiger partial charge in [0.2, 0.25) is 11.9 Å². The minimum absolute atomic E-state index is 0.0588. The Bertz CT molecular complexity index is 391. The number of aromatic nitrogens is 2. The average molecular weight is 236 g/mol. The molecule has 1 aliphatic rings.